The maximum atomic E-state index is 12.4. The zero-order valence-electron chi connectivity index (χ0n) is 13.2. The highest BCUT2D eigenvalue weighted by Gasteiger charge is 2.11. The molecular weight excluding hydrogens is 357 g/mol. The quantitative estimate of drug-likeness (QED) is 0.600. The van der Waals surface area contributed by atoms with E-state index in [1.54, 1.807) is 30.3 Å². The van der Waals surface area contributed by atoms with E-state index in [-0.39, 0.29) is 12.3 Å². The second kappa shape index (κ2) is 8.06. The van der Waals surface area contributed by atoms with Crippen molar-refractivity contribution in [2.45, 2.75) is 6.42 Å². The number of hydrogen-bond acceptors (Lipinski definition) is 2. The standard InChI is InChI=1S/C20H15Cl2NO2/c21-15-6-4-5-14(11-15)12-20(24)23-18-13-16(22)9-10-19(18)25-17-7-2-1-3-8-17/h1-11,13H,12H2,(H,23,24). The molecule has 0 saturated carbocycles. The number of carbonyl (C=O) groups is 1. The number of carbonyl (C=O) groups excluding carboxylic acids is 1. The van der Waals surface area contributed by atoms with Crippen molar-refractivity contribution in [1.29, 1.82) is 0 Å². The van der Waals surface area contributed by atoms with Gasteiger partial charge in [-0.3, -0.25) is 4.79 Å². The van der Waals surface area contributed by atoms with Crippen LogP contribution in [-0.2, 0) is 11.2 Å². The Kier molecular flexibility index (Phi) is 5.59. The van der Waals surface area contributed by atoms with Gasteiger partial charge in [-0.05, 0) is 48.0 Å². The summed E-state index contributed by atoms with van der Waals surface area (Å²) < 4.78 is 5.84. The Hall–Kier alpha value is -2.49. The van der Waals surface area contributed by atoms with Crippen LogP contribution in [0.25, 0.3) is 0 Å². The van der Waals surface area contributed by atoms with Gasteiger partial charge in [-0.25, -0.2) is 0 Å². The van der Waals surface area contributed by atoms with Gasteiger partial charge in [0.15, 0.2) is 5.75 Å². The second-order valence-electron chi connectivity index (χ2n) is 5.41. The van der Waals surface area contributed by atoms with Crippen molar-refractivity contribution in [3.05, 3.63) is 88.4 Å². The molecule has 3 nitrogen and oxygen atoms in total. The first-order chi connectivity index (χ1) is 12.1. The summed E-state index contributed by atoms with van der Waals surface area (Å²) in [4.78, 5) is 12.4. The van der Waals surface area contributed by atoms with E-state index < -0.39 is 0 Å². The number of para-hydroxylation sites is 1. The monoisotopic (exact) mass is 371 g/mol. The summed E-state index contributed by atoms with van der Waals surface area (Å²) in [5.74, 6) is 1.02. The van der Waals surface area contributed by atoms with Crippen molar-refractivity contribution in [1.82, 2.24) is 0 Å². The molecule has 25 heavy (non-hydrogen) atoms. The molecule has 0 fully saturated rings. The van der Waals surface area contributed by atoms with Crippen LogP contribution in [0.15, 0.2) is 72.8 Å². The summed E-state index contributed by atoms with van der Waals surface area (Å²) in [5, 5.41) is 3.96. The van der Waals surface area contributed by atoms with Crippen molar-refractivity contribution in [3.63, 3.8) is 0 Å². The Morgan fingerprint density at radius 2 is 1.64 bits per heavy atom. The molecule has 3 aromatic rings. The number of hydrogen-bond donors (Lipinski definition) is 1. The molecule has 0 aromatic heterocycles. The largest absolute Gasteiger partial charge is 0.455 e. The zero-order valence-corrected chi connectivity index (χ0v) is 14.7. The van der Waals surface area contributed by atoms with E-state index in [2.05, 4.69) is 5.32 Å². The molecule has 5 heteroatoms. The molecule has 0 spiro atoms. The minimum absolute atomic E-state index is 0.178. The van der Waals surface area contributed by atoms with Crippen LogP contribution in [0.5, 0.6) is 11.5 Å². The highest BCUT2D eigenvalue weighted by atomic mass is 35.5. The van der Waals surface area contributed by atoms with Gasteiger partial charge in [0.05, 0.1) is 12.1 Å². The average molecular weight is 372 g/mol. The zero-order chi connectivity index (χ0) is 17.6. The van der Waals surface area contributed by atoms with Crippen LogP contribution in [0.2, 0.25) is 10.0 Å². The van der Waals surface area contributed by atoms with E-state index in [9.17, 15) is 4.79 Å². The normalized spacial score (nSPS) is 10.3. The summed E-state index contributed by atoms with van der Waals surface area (Å²) >= 11 is 12.0. The molecule has 126 valence electrons. The number of rotatable bonds is 5. The van der Waals surface area contributed by atoms with Crippen molar-refractivity contribution >= 4 is 34.8 Å². The number of halogens is 2. The molecule has 1 amide bonds. The number of benzene rings is 3. The Morgan fingerprint density at radius 3 is 2.40 bits per heavy atom. The number of ether oxygens (including phenoxy) is 1. The summed E-state index contributed by atoms with van der Waals surface area (Å²) in [7, 11) is 0. The van der Waals surface area contributed by atoms with E-state index in [1.807, 2.05) is 42.5 Å². The third kappa shape index (κ3) is 4.99. The average Bonchev–Trinajstić information content (AvgIpc) is 2.58. The van der Waals surface area contributed by atoms with Gasteiger partial charge < -0.3 is 10.1 Å². The van der Waals surface area contributed by atoms with Gasteiger partial charge in [0.25, 0.3) is 0 Å². The fourth-order valence-corrected chi connectivity index (χ4v) is 2.72. The summed E-state index contributed by atoms with van der Waals surface area (Å²) in [6, 6.07) is 21.6. The molecule has 0 radical (unpaired) electrons. The van der Waals surface area contributed by atoms with E-state index in [0.717, 1.165) is 5.56 Å². The Bertz CT molecular complexity index is 882. The van der Waals surface area contributed by atoms with E-state index in [0.29, 0.717) is 27.2 Å². The third-order valence-corrected chi connectivity index (χ3v) is 3.91. The lowest BCUT2D eigenvalue weighted by atomic mass is 10.1. The summed E-state index contributed by atoms with van der Waals surface area (Å²) in [6.07, 6.45) is 0.206. The van der Waals surface area contributed by atoms with Crippen LogP contribution in [-0.4, -0.2) is 5.91 Å². The van der Waals surface area contributed by atoms with Crippen molar-refractivity contribution in [3.8, 4) is 11.5 Å². The van der Waals surface area contributed by atoms with E-state index >= 15 is 0 Å². The van der Waals surface area contributed by atoms with Crippen LogP contribution in [0.4, 0.5) is 5.69 Å². The van der Waals surface area contributed by atoms with E-state index in [4.69, 9.17) is 27.9 Å². The number of anilines is 1. The Morgan fingerprint density at radius 1 is 0.880 bits per heavy atom. The lowest BCUT2D eigenvalue weighted by molar-refractivity contribution is -0.115. The van der Waals surface area contributed by atoms with Gasteiger partial charge in [-0.2, -0.15) is 0 Å². The van der Waals surface area contributed by atoms with Crippen LogP contribution in [0.3, 0.4) is 0 Å². The van der Waals surface area contributed by atoms with Crippen LogP contribution in [0.1, 0.15) is 5.56 Å². The minimum atomic E-state index is -0.178. The lowest BCUT2D eigenvalue weighted by Crippen LogP contribution is -2.15. The summed E-state index contributed by atoms with van der Waals surface area (Å²) in [6.45, 7) is 0. The molecular formula is C20H15Cl2NO2. The SMILES string of the molecule is O=C(Cc1cccc(Cl)c1)Nc1cc(Cl)ccc1Oc1ccccc1. The molecule has 0 unspecified atom stereocenters. The first-order valence-corrected chi connectivity index (χ1v) is 8.42. The topological polar surface area (TPSA) is 38.3 Å². The predicted octanol–water partition coefficient (Wildman–Crippen LogP) is 5.97. The van der Waals surface area contributed by atoms with Gasteiger partial charge in [0, 0.05) is 10.0 Å². The van der Waals surface area contributed by atoms with Crippen LogP contribution >= 0.6 is 23.2 Å². The first kappa shape index (κ1) is 17.3. The molecule has 0 saturated heterocycles. The maximum absolute atomic E-state index is 12.4. The number of amides is 1. The van der Waals surface area contributed by atoms with Gasteiger partial charge in [0.1, 0.15) is 5.75 Å². The third-order valence-electron chi connectivity index (χ3n) is 3.44. The van der Waals surface area contributed by atoms with Crippen molar-refractivity contribution < 1.29 is 9.53 Å². The molecule has 3 rings (SSSR count). The lowest BCUT2D eigenvalue weighted by Gasteiger charge is -2.13. The van der Waals surface area contributed by atoms with Gasteiger partial charge in [-0.1, -0.05) is 53.5 Å². The molecule has 0 aliphatic rings. The maximum Gasteiger partial charge on any atom is 0.228 e. The second-order valence-corrected chi connectivity index (χ2v) is 6.28. The minimum Gasteiger partial charge on any atom is -0.455 e. The van der Waals surface area contributed by atoms with Gasteiger partial charge >= 0.3 is 0 Å². The van der Waals surface area contributed by atoms with E-state index in [1.165, 1.54) is 0 Å². The van der Waals surface area contributed by atoms with Crippen LogP contribution in [0, 0.1) is 0 Å². The molecule has 0 bridgehead atoms. The fourth-order valence-electron chi connectivity index (χ4n) is 2.33. The highest BCUT2D eigenvalue weighted by molar-refractivity contribution is 6.31. The molecule has 0 aliphatic heterocycles. The predicted molar refractivity (Wildman–Crippen MR) is 102 cm³/mol. The van der Waals surface area contributed by atoms with Gasteiger partial charge in [-0.15, -0.1) is 0 Å². The van der Waals surface area contributed by atoms with Crippen molar-refractivity contribution in [2.24, 2.45) is 0 Å². The van der Waals surface area contributed by atoms with Gasteiger partial charge in [0.2, 0.25) is 5.91 Å². The number of nitrogens with one attached hydrogen (secondary N) is 1. The molecule has 0 atom stereocenters. The Balaban J connectivity index is 1.76. The Labute approximate surface area is 156 Å². The van der Waals surface area contributed by atoms with Crippen LogP contribution < -0.4 is 10.1 Å². The smallest absolute Gasteiger partial charge is 0.228 e. The van der Waals surface area contributed by atoms with Crippen molar-refractivity contribution in [2.75, 3.05) is 5.32 Å². The fraction of sp³-hybridized carbons (Fsp3) is 0.0500. The molecule has 3 aromatic carbocycles. The molecule has 0 aliphatic carbocycles. The molecule has 1 N–H and O–H groups in total. The summed E-state index contributed by atoms with van der Waals surface area (Å²) in [5.41, 5.74) is 1.35. The highest BCUT2D eigenvalue weighted by Crippen LogP contribution is 2.32. The molecule has 0 heterocycles. The first-order valence-electron chi connectivity index (χ1n) is 7.67.